The van der Waals surface area contributed by atoms with Gasteiger partial charge in [-0.2, -0.15) is 5.48 Å². The van der Waals surface area contributed by atoms with Crippen LogP contribution < -0.4 is 5.48 Å². The zero-order valence-electron chi connectivity index (χ0n) is 8.09. The van der Waals surface area contributed by atoms with E-state index in [4.69, 9.17) is 14.7 Å². The average Bonchev–Trinajstić information content (AvgIpc) is 1.94. The monoisotopic (exact) mass is 177 g/mol. The van der Waals surface area contributed by atoms with E-state index in [0.29, 0.717) is 19.8 Å². The van der Waals surface area contributed by atoms with Crippen LogP contribution in [-0.4, -0.2) is 37.1 Å². The normalized spacial score (nSPS) is 12.0. The Balaban J connectivity index is 3.01. The van der Waals surface area contributed by atoms with E-state index in [1.54, 1.807) is 0 Å². The highest BCUT2D eigenvalue weighted by Crippen LogP contribution is 2.02. The highest BCUT2D eigenvalue weighted by molar-refractivity contribution is 4.56. The molecular weight excluding hydrogens is 158 g/mol. The maximum absolute atomic E-state index is 8.38. The SMILES string of the molecule is CC(C)(C)ONCCOCCO. The van der Waals surface area contributed by atoms with Crippen molar-refractivity contribution >= 4 is 0 Å². The molecule has 12 heavy (non-hydrogen) atoms. The van der Waals surface area contributed by atoms with Crippen molar-refractivity contribution in [1.29, 1.82) is 0 Å². The predicted molar refractivity (Wildman–Crippen MR) is 46.7 cm³/mol. The first-order valence-corrected chi connectivity index (χ1v) is 4.16. The molecule has 0 amide bonds. The number of aliphatic hydroxyl groups excluding tert-OH is 1. The Morgan fingerprint density at radius 2 is 1.92 bits per heavy atom. The molecule has 0 aromatic heterocycles. The van der Waals surface area contributed by atoms with Crippen LogP contribution in [0.25, 0.3) is 0 Å². The Hall–Kier alpha value is -0.160. The molecule has 0 aromatic rings. The van der Waals surface area contributed by atoms with Gasteiger partial charge >= 0.3 is 0 Å². The summed E-state index contributed by atoms with van der Waals surface area (Å²) in [7, 11) is 0. The lowest BCUT2D eigenvalue weighted by atomic mass is 10.2. The van der Waals surface area contributed by atoms with Gasteiger partial charge in [0, 0.05) is 6.54 Å². The molecule has 0 aromatic carbocycles. The summed E-state index contributed by atoms with van der Waals surface area (Å²) >= 11 is 0. The van der Waals surface area contributed by atoms with Gasteiger partial charge in [0.1, 0.15) is 0 Å². The second-order valence-electron chi connectivity index (χ2n) is 3.44. The third kappa shape index (κ3) is 9.84. The molecule has 2 N–H and O–H groups in total. The smallest absolute Gasteiger partial charge is 0.0812 e. The third-order valence-corrected chi connectivity index (χ3v) is 0.962. The molecule has 0 radical (unpaired) electrons. The van der Waals surface area contributed by atoms with E-state index in [-0.39, 0.29) is 12.2 Å². The van der Waals surface area contributed by atoms with Gasteiger partial charge in [-0.05, 0) is 20.8 Å². The predicted octanol–water partition coefficient (Wildman–Crippen LogP) is 0.315. The molecule has 0 spiro atoms. The molecule has 4 heteroatoms. The highest BCUT2D eigenvalue weighted by Gasteiger charge is 2.08. The van der Waals surface area contributed by atoms with Gasteiger partial charge in [-0.1, -0.05) is 0 Å². The number of aliphatic hydroxyl groups is 1. The molecule has 0 aliphatic heterocycles. The lowest BCUT2D eigenvalue weighted by Gasteiger charge is -2.19. The molecule has 0 unspecified atom stereocenters. The van der Waals surface area contributed by atoms with E-state index in [1.165, 1.54) is 0 Å². The maximum atomic E-state index is 8.38. The van der Waals surface area contributed by atoms with Crippen LogP contribution in [0.3, 0.4) is 0 Å². The van der Waals surface area contributed by atoms with Gasteiger partial charge < -0.3 is 9.84 Å². The van der Waals surface area contributed by atoms with Crippen molar-refractivity contribution in [2.45, 2.75) is 26.4 Å². The van der Waals surface area contributed by atoms with Crippen LogP contribution in [-0.2, 0) is 9.57 Å². The molecule has 0 bridgehead atoms. The Bertz CT molecular complexity index is 101. The summed E-state index contributed by atoms with van der Waals surface area (Å²) < 4.78 is 5.01. The first-order chi connectivity index (χ1) is 5.56. The minimum atomic E-state index is -0.170. The summed E-state index contributed by atoms with van der Waals surface area (Å²) in [4.78, 5) is 5.22. The molecule has 4 nitrogen and oxygen atoms in total. The molecule has 0 atom stereocenters. The third-order valence-electron chi connectivity index (χ3n) is 0.962. The van der Waals surface area contributed by atoms with Crippen molar-refractivity contribution in [3.63, 3.8) is 0 Å². The number of hydrogen-bond donors (Lipinski definition) is 2. The van der Waals surface area contributed by atoms with E-state index < -0.39 is 0 Å². The fraction of sp³-hybridized carbons (Fsp3) is 1.00. The largest absolute Gasteiger partial charge is 0.394 e. The molecule has 74 valence electrons. The zero-order chi connectivity index (χ0) is 9.45. The van der Waals surface area contributed by atoms with Crippen molar-refractivity contribution in [2.24, 2.45) is 0 Å². The quantitative estimate of drug-likeness (QED) is 0.453. The first-order valence-electron chi connectivity index (χ1n) is 4.16. The lowest BCUT2D eigenvalue weighted by molar-refractivity contribution is -0.0794. The molecule has 0 aliphatic carbocycles. The van der Waals surface area contributed by atoms with Crippen LogP contribution in [0.2, 0.25) is 0 Å². The maximum Gasteiger partial charge on any atom is 0.0812 e. The van der Waals surface area contributed by atoms with Crippen molar-refractivity contribution in [1.82, 2.24) is 5.48 Å². The van der Waals surface area contributed by atoms with Crippen LogP contribution in [0.1, 0.15) is 20.8 Å². The van der Waals surface area contributed by atoms with Crippen molar-refractivity contribution < 1.29 is 14.7 Å². The van der Waals surface area contributed by atoms with Crippen LogP contribution in [0.4, 0.5) is 0 Å². The van der Waals surface area contributed by atoms with Crippen molar-refractivity contribution in [2.75, 3.05) is 26.4 Å². The standard InChI is InChI=1S/C8H19NO3/c1-8(2,3)12-9-4-6-11-7-5-10/h9-10H,4-7H2,1-3H3. The van der Waals surface area contributed by atoms with E-state index in [0.717, 1.165) is 0 Å². The number of nitrogens with one attached hydrogen (secondary N) is 1. The summed E-state index contributed by atoms with van der Waals surface area (Å²) in [6, 6.07) is 0. The minimum Gasteiger partial charge on any atom is -0.394 e. The van der Waals surface area contributed by atoms with Crippen LogP contribution in [0.15, 0.2) is 0 Å². The van der Waals surface area contributed by atoms with Crippen molar-refractivity contribution in [3.8, 4) is 0 Å². The second-order valence-corrected chi connectivity index (χ2v) is 3.44. The molecule has 0 heterocycles. The molecule has 0 rings (SSSR count). The minimum absolute atomic E-state index is 0.0696. The van der Waals surface area contributed by atoms with Gasteiger partial charge in [0.2, 0.25) is 0 Å². The lowest BCUT2D eigenvalue weighted by Crippen LogP contribution is -2.31. The second kappa shape index (κ2) is 6.37. The average molecular weight is 177 g/mol. The van der Waals surface area contributed by atoms with Crippen LogP contribution in [0, 0.1) is 0 Å². The van der Waals surface area contributed by atoms with Gasteiger partial charge in [-0.15, -0.1) is 0 Å². The summed E-state index contributed by atoms with van der Waals surface area (Å²) in [5.41, 5.74) is 2.61. The highest BCUT2D eigenvalue weighted by atomic mass is 16.7. The van der Waals surface area contributed by atoms with E-state index >= 15 is 0 Å². The molecular formula is C8H19NO3. The molecule has 0 fully saturated rings. The number of ether oxygens (including phenoxy) is 1. The van der Waals surface area contributed by atoms with Crippen LogP contribution in [0.5, 0.6) is 0 Å². The van der Waals surface area contributed by atoms with E-state index in [1.807, 2.05) is 20.8 Å². The Morgan fingerprint density at radius 1 is 1.25 bits per heavy atom. The molecule has 0 aliphatic rings. The number of rotatable bonds is 6. The Labute approximate surface area is 73.8 Å². The van der Waals surface area contributed by atoms with Gasteiger partial charge in [-0.25, -0.2) is 0 Å². The number of hydrogen-bond acceptors (Lipinski definition) is 4. The Kier molecular flexibility index (Phi) is 6.28. The van der Waals surface area contributed by atoms with Gasteiger partial charge in [0.15, 0.2) is 0 Å². The molecule has 0 saturated heterocycles. The van der Waals surface area contributed by atoms with Crippen molar-refractivity contribution in [3.05, 3.63) is 0 Å². The number of hydroxylamine groups is 1. The molecule has 0 saturated carbocycles. The van der Waals surface area contributed by atoms with Gasteiger partial charge in [-0.3, -0.25) is 4.84 Å². The zero-order valence-corrected chi connectivity index (χ0v) is 8.09. The fourth-order valence-corrected chi connectivity index (χ4v) is 0.548. The topological polar surface area (TPSA) is 50.7 Å². The Morgan fingerprint density at radius 3 is 2.42 bits per heavy atom. The van der Waals surface area contributed by atoms with E-state index in [9.17, 15) is 0 Å². The van der Waals surface area contributed by atoms with Crippen LogP contribution >= 0.6 is 0 Å². The fourth-order valence-electron chi connectivity index (χ4n) is 0.548. The van der Waals surface area contributed by atoms with Gasteiger partial charge in [0.25, 0.3) is 0 Å². The summed E-state index contributed by atoms with van der Waals surface area (Å²) in [5.74, 6) is 0. The summed E-state index contributed by atoms with van der Waals surface area (Å²) in [6.45, 7) is 7.54. The first kappa shape index (κ1) is 11.8. The van der Waals surface area contributed by atoms with E-state index in [2.05, 4.69) is 5.48 Å². The van der Waals surface area contributed by atoms with Gasteiger partial charge in [0.05, 0.1) is 25.4 Å². The summed E-state index contributed by atoms with van der Waals surface area (Å²) in [6.07, 6.45) is 0. The summed E-state index contributed by atoms with van der Waals surface area (Å²) in [5, 5.41) is 8.38.